The molecule has 3 aliphatic heterocycles. The maximum Gasteiger partial charge on any atom is 0.335 e. The van der Waals surface area contributed by atoms with Crippen LogP contribution in [0.25, 0.3) is 11.8 Å². The van der Waals surface area contributed by atoms with Gasteiger partial charge in [-0.05, 0) is 23.8 Å². The number of para-hydroxylation sites is 1. The Morgan fingerprint density at radius 1 is 1.00 bits per heavy atom. The molecule has 5 rings (SSSR count). The van der Waals surface area contributed by atoms with Gasteiger partial charge in [0.25, 0.3) is 0 Å². The quantitative estimate of drug-likeness (QED) is 0.549. The maximum absolute atomic E-state index is 12.5. The van der Waals surface area contributed by atoms with Crippen LogP contribution in [0.4, 0.5) is 0 Å². The SMILES string of the molecule is O=C1Oc2ccccc2C2C=C3c4ccccc4C=CN3C12. The van der Waals surface area contributed by atoms with Crippen LogP contribution in [0.1, 0.15) is 22.6 Å². The zero-order chi connectivity index (χ0) is 14.7. The molecule has 0 amide bonds. The van der Waals surface area contributed by atoms with Crippen molar-refractivity contribution in [2.45, 2.75) is 12.0 Å². The average molecular weight is 287 g/mol. The molecule has 2 atom stereocenters. The van der Waals surface area contributed by atoms with Crippen molar-refractivity contribution in [3.05, 3.63) is 77.5 Å². The average Bonchev–Trinajstić information content (AvgIpc) is 2.96. The summed E-state index contributed by atoms with van der Waals surface area (Å²) < 4.78 is 5.53. The second kappa shape index (κ2) is 4.10. The second-order valence-electron chi connectivity index (χ2n) is 5.79. The molecule has 0 fully saturated rings. The zero-order valence-corrected chi connectivity index (χ0v) is 11.8. The van der Waals surface area contributed by atoms with Gasteiger partial charge in [-0.2, -0.15) is 0 Å². The highest BCUT2D eigenvalue weighted by Gasteiger charge is 2.46. The molecule has 0 bridgehead atoms. The van der Waals surface area contributed by atoms with Crippen molar-refractivity contribution in [3.63, 3.8) is 0 Å². The van der Waals surface area contributed by atoms with Crippen molar-refractivity contribution in [1.29, 1.82) is 0 Å². The van der Waals surface area contributed by atoms with E-state index in [2.05, 4.69) is 24.3 Å². The van der Waals surface area contributed by atoms with Gasteiger partial charge >= 0.3 is 5.97 Å². The Kier molecular flexibility index (Phi) is 2.20. The van der Waals surface area contributed by atoms with E-state index in [0.29, 0.717) is 5.75 Å². The van der Waals surface area contributed by atoms with Crippen molar-refractivity contribution in [2.24, 2.45) is 0 Å². The van der Waals surface area contributed by atoms with Gasteiger partial charge in [-0.3, -0.25) is 0 Å². The second-order valence-corrected chi connectivity index (χ2v) is 5.79. The van der Waals surface area contributed by atoms with Crippen molar-refractivity contribution in [2.75, 3.05) is 0 Å². The van der Waals surface area contributed by atoms with E-state index in [1.165, 1.54) is 11.1 Å². The van der Waals surface area contributed by atoms with Crippen LogP contribution in [0, 0.1) is 0 Å². The first-order chi connectivity index (χ1) is 10.8. The molecule has 106 valence electrons. The van der Waals surface area contributed by atoms with Gasteiger partial charge in [0.1, 0.15) is 11.8 Å². The third-order valence-electron chi connectivity index (χ3n) is 4.64. The van der Waals surface area contributed by atoms with E-state index in [0.717, 1.165) is 11.3 Å². The summed E-state index contributed by atoms with van der Waals surface area (Å²) in [5.74, 6) is 0.546. The van der Waals surface area contributed by atoms with Gasteiger partial charge in [-0.15, -0.1) is 0 Å². The lowest BCUT2D eigenvalue weighted by Crippen LogP contribution is -2.42. The predicted octanol–water partition coefficient (Wildman–Crippen LogP) is 3.40. The van der Waals surface area contributed by atoms with Crippen LogP contribution < -0.4 is 4.74 Å². The first kappa shape index (κ1) is 11.8. The summed E-state index contributed by atoms with van der Waals surface area (Å²) >= 11 is 0. The van der Waals surface area contributed by atoms with Crippen LogP contribution in [0.5, 0.6) is 5.75 Å². The Morgan fingerprint density at radius 3 is 2.77 bits per heavy atom. The molecule has 2 aromatic carbocycles. The van der Waals surface area contributed by atoms with Gasteiger partial charge in [0, 0.05) is 28.9 Å². The smallest absolute Gasteiger partial charge is 0.335 e. The molecule has 22 heavy (non-hydrogen) atoms. The van der Waals surface area contributed by atoms with E-state index in [4.69, 9.17) is 4.74 Å². The summed E-state index contributed by atoms with van der Waals surface area (Å²) in [6, 6.07) is 15.8. The van der Waals surface area contributed by atoms with E-state index >= 15 is 0 Å². The Morgan fingerprint density at radius 2 is 1.82 bits per heavy atom. The first-order valence-electron chi connectivity index (χ1n) is 7.41. The summed E-state index contributed by atoms with van der Waals surface area (Å²) in [5, 5.41) is 0. The molecule has 2 aromatic rings. The minimum absolute atomic E-state index is 0.0447. The number of ether oxygens (including phenoxy) is 1. The molecule has 3 heteroatoms. The molecular formula is C19H13NO2. The highest BCUT2D eigenvalue weighted by Crippen LogP contribution is 2.47. The fourth-order valence-electron chi connectivity index (χ4n) is 3.65. The Labute approximate surface area is 128 Å². The molecule has 2 unspecified atom stereocenters. The molecule has 3 nitrogen and oxygen atoms in total. The van der Waals surface area contributed by atoms with E-state index < -0.39 is 0 Å². The van der Waals surface area contributed by atoms with E-state index in [9.17, 15) is 4.79 Å². The standard InChI is InChI=1S/C19H13NO2/c21-19-18-15(14-7-3-4-8-17(14)22-19)11-16-13-6-2-1-5-12(13)9-10-20(16)18/h1-11,15,18H. The van der Waals surface area contributed by atoms with Crippen LogP contribution in [-0.4, -0.2) is 16.9 Å². The normalized spacial score (nSPS) is 23.9. The summed E-state index contributed by atoms with van der Waals surface area (Å²) in [6.45, 7) is 0. The maximum atomic E-state index is 12.5. The third-order valence-corrected chi connectivity index (χ3v) is 4.64. The van der Waals surface area contributed by atoms with Gasteiger partial charge < -0.3 is 9.64 Å². The first-order valence-corrected chi connectivity index (χ1v) is 7.41. The van der Waals surface area contributed by atoms with Crippen LogP contribution in [-0.2, 0) is 4.79 Å². The number of carbonyl (C=O) groups excluding carboxylic acids is 1. The molecule has 3 aliphatic rings. The largest absolute Gasteiger partial charge is 0.425 e. The van der Waals surface area contributed by atoms with E-state index in [1.807, 2.05) is 47.5 Å². The molecule has 0 radical (unpaired) electrons. The highest BCUT2D eigenvalue weighted by molar-refractivity contribution is 5.91. The number of hydrogen-bond acceptors (Lipinski definition) is 3. The van der Waals surface area contributed by atoms with Gasteiger partial charge in [0.15, 0.2) is 0 Å². The topological polar surface area (TPSA) is 29.5 Å². The third kappa shape index (κ3) is 1.43. The number of hydrogen-bond donors (Lipinski definition) is 0. The lowest BCUT2D eigenvalue weighted by molar-refractivity contribution is -0.139. The summed E-state index contributed by atoms with van der Waals surface area (Å²) in [5.41, 5.74) is 4.54. The lowest BCUT2D eigenvalue weighted by atomic mass is 9.90. The number of nitrogens with zero attached hydrogens (tertiary/aromatic N) is 1. The van der Waals surface area contributed by atoms with Gasteiger partial charge in [0.2, 0.25) is 0 Å². The van der Waals surface area contributed by atoms with Crippen molar-refractivity contribution >= 4 is 17.7 Å². The fraction of sp³-hybridized carbons (Fsp3) is 0.105. The van der Waals surface area contributed by atoms with Gasteiger partial charge in [-0.25, -0.2) is 4.79 Å². The zero-order valence-electron chi connectivity index (χ0n) is 11.8. The van der Waals surface area contributed by atoms with Crippen LogP contribution in [0.2, 0.25) is 0 Å². The van der Waals surface area contributed by atoms with Crippen LogP contribution in [0.3, 0.4) is 0 Å². The Hall–Kier alpha value is -2.81. The van der Waals surface area contributed by atoms with Crippen molar-refractivity contribution in [3.8, 4) is 5.75 Å². The molecule has 0 saturated heterocycles. The molecule has 0 N–H and O–H groups in total. The summed E-state index contributed by atoms with van der Waals surface area (Å²) in [7, 11) is 0. The summed E-state index contributed by atoms with van der Waals surface area (Å²) in [6.07, 6.45) is 6.25. The number of esters is 1. The number of rotatable bonds is 0. The number of benzene rings is 2. The fourth-order valence-corrected chi connectivity index (χ4v) is 3.65. The Bertz CT molecular complexity index is 865. The highest BCUT2D eigenvalue weighted by atomic mass is 16.5. The minimum atomic E-state index is -0.297. The van der Waals surface area contributed by atoms with E-state index in [-0.39, 0.29) is 17.9 Å². The predicted molar refractivity (Wildman–Crippen MR) is 83.9 cm³/mol. The summed E-state index contributed by atoms with van der Waals surface area (Å²) in [4.78, 5) is 14.5. The van der Waals surface area contributed by atoms with Gasteiger partial charge in [-0.1, -0.05) is 42.5 Å². The Balaban J connectivity index is 1.72. The van der Waals surface area contributed by atoms with Gasteiger partial charge in [0.05, 0.1) is 0 Å². The molecule has 0 aliphatic carbocycles. The lowest BCUT2D eigenvalue weighted by Gasteiger charge is -2.33. The molecule has 0 spiro atoms. The van der Waals surface area contributed by atoms with Crippen molar-refractivity contribution in [1.82, 2.24) is 4.90 Å². The minimum Gasteiger partial charge on any atom is -0.425 e. The molecule has 3 heterocycles. The van der Waals surface area contributed by atoms with Crippen LogP contribution >= 0.6 is 0 Å². The number of carbonyl (C=O) groups is 1. The molecule has 0 saturated carbocycles. The van der Waals surface area contributed by atoms with E-state index in [1.54, 1.807) is 0 Å². The van der Waals surface area contributed by atoms with Crippen molar-refractivity contribution < 1.29 is 9.53 Å². The monoisotopic (exact) mass is 287 g/mol. The molecule has 0 aromatic heterocycles. The number of fused-ring (bicyclic) bond motifs is 7. The molecular weight excluding hydrogens is 274 g/mol. The van der Waals surface area contributed by atoms with Crippen LogP contribution in [0.15, 0.2) is 60.8 Å².